The fraction of sp³-hybridized carbons (Fsp3) is 0.778. The summed E-state index contributed by atoms with van der Waals surface area (Å²) < 4.78 is 10.7. The molecule has 13 heavy (non-hydrogen) atoms. The van der Waals surface area contributed by atoms with Gasteiger partial charge in [-0.05, 0) is 6.92 Å². The van der Waals surface area contributed by atoms with E-state index < -0.39 is 6.10 Å². The van der Waals surface area contributed by atoms with Gasteiger partial charge in [-0.15, -0.1) is 6.58 Å². The van der Waals surface area contributed by atoms with E-state index in [0.717, 1.165) is 0 Å². The fourth-order valence-electron chi connectivity index (χ4n) is 1.37. The van der Waals surface area contributed by atoms with E-state index in [1.54, 1.807) is 13.0 Å². The molecule has 0 radical (unpaired) electrons. The van der Waals surface area contributed by atoms with Crippen molar-refractivity contribution in [2.75, 3.05) is 6.61 Å². The molecule has 1 rings (SSSR count). The lowest BCUT2D eigenvalue weighted by Crippen LogP contribution is -2.51. The van der Waals surface area contributed by atoms with Gasteiger partial charge in [0.2, 0.25) is 0 Å². The average molecular weight is 187 g/mol. The summed E-state index contributed by atoms with van der Waals surface area (Å²) in [4.78, 5) is 0. The molecule has 0 aromatic rings. The summed E-state index contributed by atoms with van der Waals surface area (Å²) in [6.45, 7) is 5.77. The third kappa shape index (κ3) is 2.77. The molecule has 4 atom stereocenters. The Labute approximate surface area is 78.3 Å². The molecule has 0 aromatic carbocycles. The van der Waals surface area contributed by atoms with Gasteiger partial charge in [0, 0.05) is 12.5 Å². The van der Waals surface area contributed by atoms with Gasteiger partial charge in [0.1, 0.15) is 0 Å². The largest absolute Gasteiger partial charge is 0.389 e. The van der Waals surface area contributed by atoms with Crippen molar-refractivity contribution in [3.63, 3.8) is 0 Å². The van der Waals surface area contributed by atoms with Crippen LogP contribution in [-0.2, 0) is 9.47 Å². The highest BCUT2D eigenvalue weighted by atomic mass is 16.7. The second-order valence-corrected chi connectivity index (χ2v) is 3.28. The highest BCUT2D eigenvalue weighted by Gasteiger charge is 2.33. The number of hydrogen-bond donors (Lipinski definition) is 2. The van der Waals surface area contributed by atoms with Crippen LogP contribution in [0, 0.1) is 0 Å². The minimum atomic E-state index is -0.594. The Balaban J connectivity index is 2.39. The highest BCUT2D eigenvalue weighted by molar-refractivity contribution is 4.83. The predicted octanol–water partition coefficient (Wildman–Crippen LogP) is 0.0121. The van der Waals surface area contributed by atoms with Crippen molar-refractivity contribution in [1.29, 1.82) is 0 Å². The molecule has 0 spiro atoms. The first-order chi connectivity index (χ1) is 6.15. The van der Waals surface area contributed by atoms with Crippen LogP contribution >= 0.6 is 0 Å². The smallest absolute Gasteiger partial charge is 0.160 e. The number of ether oxygens (including phenoxy) is 2. The first-order valence-electron chi connectivity index (χ1n) is 4.46. The molecule has 0 aliphatic carbocycles. The zero-order valence-corrected chi connectivity index (χ0v) is 7.85. The predicted molar refractivity (Wildman–Crippen MR) is 49.1 cm³/mol. The Hall–Kier alpha value is -0.420. The summed E-state index contributed by atoms with van der Waals surface area (Å²) in [5.41, 5.74) is 5.69. The Morgan fingerprint density at radius 1 is 1.77 bits per heavy atom. The van der Waals surface area contributed by atoms with E-state index in [-0.39, 0.29) is 18.4 Å². The van der Waals surface area contributed by atoms with E-state index in [0.29, 0.717) is 13.0 Å². The lowest BCUT2D eigenvalue weighted by atomic mass is 10.0. The Morgan fingerprint density at radius 2 is 2.46 bits per heavy atom. The van der Waals surface area contributed by atoms with E-state index in [1.807, 2.05) is 0 Å². The first-order valence-corrected chi connectivity index (χ1v) is 4.46. The summed E-state index contributed by atoms with van der Waals surface area (Å²) in [5.74, 6) is 0. The van der Waals surface area contributed by atoms with Gasteiger partial charge in [-0.1, -0.05) is 6.08 Å². The number of rotatable bonds is 3. The molecule has 4 heteroatoms. The summed E-state index contributed by atoms with van der Waals surface area (Å²) in [6.07, 6.45) is 1.01. The van der Waals surface area contributed by atoms with E-state index in [2.05, 4.69) is 6.58 Å². The number of hydrogen-bond acceptors (Lipinski definition) is 4. The molecule has 0 bridgehead atoms. The van der Waals surface area contributed by atoms with Gasteiger partial charge in [0.25, 0.3) is 0 Å². The average Bonchev–Trinajstić information content (AvgIpc) is 2.10. The van der Waals surface area contributed by atoms with Crippen molar-refractivity contribution >= 4 is 0 Å². The van der Waals surface area contributed by atoms with Gasteiger partial charge < -0.3 is 20.3 Å². The monoisotopic (exact) mass is 187 g/mol. The van der Waals surface area contributed by atoms with E-state index in [1.165, 1.54) is 0 Å². The van der Waals surface area contributed by atoms with Crippen LogP contribution in [0.2, 0.25) is 0 Å². The van der Waals surface area contributed by atoms with Gasteiger partial charge >= 0.3 is 0 Å². The van der Waals surface area contributed by atoms with Crippen LogP contribution < -0.4 is 5.73 Å². The van der Waals surface area contributed by atoms with Crippen molar-refractivity contribution in [3.05, 3.63) is 12.7 Å². The van der Waals surface area contributed by atoms with E-state index in [9.17, 15) is 5.11 Å². The Morgan fingerprint density at radius 3 is 3.00 bits per heavy atom. The van der Waals surface area contributed by atoms with E-state index >= 15 is 0 Å². The van der Waals surface area contributed by atoms with Crippen LogP contribution in [-0.4, -0.2) is 36.3 Å². The summed E-state index contributed by atoms with van der Waals surface area (Å²) in [5, 5.41) is 9.46. The minimum Gasteiger partial charge on any atom is -0.389 e. The molecule has 0 saturated carbocycles. The molecule has 4 nitrogen and oxygen atoms in total. The van der Waals surface area contributed by atoms with Gasteiger partial charge in [0.05, 0.1) is 18.8 Å². The topological polar surface area (TPSA) is 64.7 Å². The van der Waals surface area contributed by atoms with Crippen LogP contribution in [0.4, 0.5) is 0 Å². The lowest BCUT2D eigenvalue weighted by Gasteiger charge is -2.35. The quantitative estimate of drug-likeness (QED) is 0.611. The van der Waals surface area contributed by atoms with Crippen LogP contribution in [0.15, 0.2) is 12.7 Å². The second kappa shape index (κ2) is 4.72. The molecule has 76 valence electrons. The third-order valence-electron chi connectivity index (χ3n) is 2.15. The van der Waals surface area contributed by atoms with Crippen molar-refractivity contribution < 1.29 is 14.6 Å². The molecule has 1 aliphatic heterocycles. The SMILES string of the molecule is C=CCO[C@H]1C[C@H](N)[C@@H](O)[C@H](C)O1. The molecule has 1 saturated heterocycles. The van der Waals surface area contributed by atoms with Crippen molar-refractivity contribution in [3.8, 4) is 0 Å². The third-order valence-corrected chi connectivity index (χ3v) is 2.15. The van der Waals surface area contributed by atoms with Gasteiger partial charge in [0.15, 0.2) is 6.29 Å². The minimum absolute atomic E-state index is 0.265. The fourth-order valence-corrected chi connectivity index (χ4v) is 1.37. The molecule has 1 fully saturated rings. The first kappa shape index (κ1) is 10.7. The molecule has 0 unspecified atom stereocenters. The maximum absolute atomic E-state index is 9.46. The van der Waals surface area contributed by atoms with Gasteiger partial charge in [-0.3, -0.25) is 0 Å². The molecule has 0 aromatic heterocycles. The summed E-state index contributed by atoms with van der Waals surface area (Å²) in [7, 11) is 0. The number of nitrogens with two attached hydrogens (primary N) is 1. The number of aliphatic hydroxyl groups excluding tert-OH is 1. The van der Waals surface area contributed by atoms with Crippen LogP contribution in [0.3, 0.4) is 0 Å². The normalized spacial score (nSPS) is 40.2. The van der Waals surface area contributed by atoms with Crippen molar-refractivity contribution in [2.24, 2.45) is 5.73 Å². The second-order valence-electron chi connectivity index (χ2n) is 3.28. The molecular formula is C9H17NO3. The Kier molecular flexibility index (Phi) is 3.87. The van der Waals surface area contributed by atoms with Crippen molar-refractivity contribution in [2.45, 2.75) is 37.9 Å². The van der Waals surface area contributed by atoms with Gasteiger partial charge in [-0.2, -0.15) is 0 Å². The Bertz CT molecular complexity index is 162. The van der Waals surface area contributed by atoms with Gasteiger partial charge in [-0.25, -0.2) is 0 Å². The molecule has 1 heterocycles. The van der Waals surface area contributed by atoms with Crippen LogP contribution in [0.1, 0.15) is 13.3 Å². The molecular weight excluding hydrogens is 170 g/mol. The molecule has 3 N–H and O–H groups in total. The lowest BCUT2D eigenvalue weighted by molar-refractivity contribution is -0.217. The van der Waals surface area contributed by atoms with Crippen molar-refractivity contribution in [1.82, 2.24) is 0 Å². The molecule has 0 amide bonds. The number of aliphatic hydroxyl groups is 1. The zero-order chi connectivity index (χ0) is 9.84. The van der Waals surface area contributed by atoms with Crippen LogP contribution in [0.25, 0.3) is 0 Å². The highest BCUT2D eigenvalue weighted by Crippen LogP contribution is 2.19. The van der Waals surface area contributed by atoms with Crippen LogP contribution in [0.5, 0.6) is 0 Å². The zero-order valence-electron chi connectivity index (χ0n) is 7.85. The summed E-state index contributed by atoms with van der Waals surface area (Å²) >= 11 is 0. The summed E-state index contributed by atoms with van der Waals surface area (Å²) in [6, 6.07) is -0.265. The maximum Gasteiger partial charge on any atom is 0.160 e. The standard InChI is InChI=1S/C9H17NO3/c1-3-4-12-8-5-7(10)9(11)6(2)13-8/h3,6-9,11H,1,4-5,10H2,2H3/t6-,7-,8+,9-/m0/s1. The maximum atomic E-state index is 9.46. The molecule has 1 aliphatic rings. The van der Waals surface area contributed by atoms with E-state index in [4.69, 9.17) is 15.2 Å².